The van der Waals surface area contributed by atoms with E-state index in [4.69, 9.17) is 9.84 Å². The van der Waals surface area contributed by atoms with Crippen LogP contribution >= 0.6 is 0 Å². The molecule has 0 radical (unpaired) electrons. The van der Waals surface area contributed by atoms with Gasteiger partial charge in [0.15, 0.2) is 0 Å². The number of carbonyl (C=O) groups is 2. The van der Waals surface area contributed by atoms with E-state index in [0.29, 0.717) is 6.42 Å². The van der Waals surface area contributed by atoms with Gasteiger partial charge in [-0.15, -0.1) is 0 Å². The number of ether oxygens (including phenoxy) is 1. The van der Waals surface area contributed by atoms with Gasteiger partial charge < -0.3 is 9.84 Å². The molecular formula is C8H12O4. The second kappa shape index (κ2) is 5.35. The minimum Gasteiger partial charge on any atom is -0.478 e. The van der Waals surface area contributed by atoms with E-state index in [9.17, 15) is 9.59 Å². The minimum atomic E-state index is -1.16. The Hall–Kier alpha value is -1.32. The summed E-state index contributed by atoms with van der Waals surface area (Å²) in [5.74, 6) is -1.78. The normalized spacial score (nSPS) is 12.8. The number of hydrogen-bond donors (Lipinski definition) is 1. The highest BCUT2D eigenvalue weighted by atomic mass is 16.5. The standard InChI is InChI=1S/C8H12O4/c1-3-6(2)12-8(11)5-4-7(9)10/h4-6H,3H2,1-2H3,(H,9,10)/b5-4+. The van der Waals surface area contributed by atoms with Crippen LogP contribution in [0.4, 0.5) is 0 Å². The first-order valence-electron chi connectivity index (χ1n) is 3.68. The Bertz CT molecular complexity index is 195. The zero-order valence-electron chi connectivity index (χ0n) is 7.11. The van der Waals surface area contributed by atoms with Crippen LogP contribution in [0.2, 0.25) is 0 Å². The summed E-state index contributed by atoms with van der Waals surface area (Å²) in [5.41, 5.74) is 0. The lowest BCUT2D eigenvalue weighted by Gasteiger charge is -2.07. The molecule has 1 N–H and O–H groups in total. The molecule has 0 aromatic carbocycles. The number of hydrogen-bond acceptors (Lipinski definition) is 3. The van der Waals surface area contributed by atoms with Crippen LogP contribution in [0.15, 0.2) is 12.2 Å². The molecule has 1 unspecified atom stereocenters. The van der Waals surface area contributed by atoms with Gasteiger partial charge in [0.1, 0.15) is 0 Å². The third-order valence-electron chi connectivity index (χ3n) is 1.25. The number of aliphatic carboxylic acids is 1. The van der Waals surface area contributed by atoms with Crippen LogP contribution in [0.25, 0.3) is 0 Å². The van der Waals surface area contributed by atoms with Crippen LogP contribution in [-0.2, 0) is 14.3 Å². The zero-order chi connectivity index (χ0) is 9.56. The molecule has 0 aliphatic carbocycles. The Morgan fingerprint density at radius 2 is 2.08 bits per heavy atom. The maximum atomic E-state index is 10.7. The van der Waals surface area contributed by atoms with Crippen molar-refractivity contribution in [3.05, 3.63) is 12.2 Å². The molecule has 0 aromatic heterocycles. The van der Waals surface area contributed by atoms with Gasteiger partial charge >= 0.3 is 11.9 Å². The fraction of sp³-hybridized carbons (Fsp3) is 0.500. The molecule has 12 heavy (non-hydrogen) atoms. The molecule has 0 spiro atoms. The average molecular weight is 172 g/mol. The highest BCUT2D eigenvalue weighted by Crippen LogP contribution is 1.96. The van der Waals surface area contributed by atoms with Gasteiger partial charge in [0, 0.05) is 12.2 Å². The number of rotatable bonds is 4. The molecule has 0 amide bonds. The number of carboxylic acid groups (broad SMARTS) is 1. The molecule has 4 heteroatoms. The molecule has 4 nitrogen and oxygen atoms in total. The summed E-state index contributed by atoms with van der Waals surface area (Å²) in [6.45, 7) is 3.62. The van der Waals surface area contributed by atoms with Gasteiger partial charge in [-0.2, -0.15) is 0 Å². The largest absolute Gasteiger partial charge is 0.478 e. The topological polar surface area (TPSA) is 63.6 Å². The van der Waals surface area contributed by atoms with E-state index in [1.54, 1.807) is 6.92 Å². The summed E-state index contributed by atoms with van der Waals surface area (Å²) in [6, 6.07) is 0. The predicted octanol–water partition coefficient (Wildman–Crippen LogP) is 0.969. The van der Waals surface area contributed by atoms with Crippen LogP contribution in [0, 0.1) is 0 Å². The van der Waals surface area contributed by atoms with E-state index in [1.807, 2.05) is 6.92 Å². The molecule has 0 heterocycles. The average Bonchev–Trinajstić information content (AvgIpc) is 2.00. The van der Waals surface area contributed by atoms with Gasteiger partial charge in [-0.25, -0.2) is 9.59 Å². The van der Waals surface area contributed by atoms with E-state index in [2.05, 4.69) is 0 Å². The molecule has 0 aromatic rings. The summed E-state index contributed by atoms with van der Waals surface area (Å²) in [4.78, 5) is 20.7. The maximum absolute atomic E-state index is 10.7. The predicted molar refractivity (Wildman–Crippen MR) is 42.6 cm³/mol. The highest BCUT2D eigenvalue weighted by molar-refractivity contribution is 5.90. The third kappa shape index (κ3) is 5.46. The van der Waals surface area contributed by atoms with Crippen LogP contribution in [-0.4, -0.2) is 23.1 Å². The second-order valence-electron chi connectivity index (χ2n) is 2.33. The van der Waals surface area contributed by atoms with Crippen molar-refractivity contribution in [2.24, 2.45) is 0 Å². The molecule has 68 valence electrons. The Morgan fingerprint density at radius 1 is 1.50 bits per heavy atom. The molecule has 0 aliphatic heterocycles. The summed E-state index contributed by atoms with van der Waals surface area (Å²) in [5, 5.41) is 8.16. The summed E-state index contributed by atoms with van der Waals surface area (Å²) < 4.78 is 4.76. The van der Waals surface area contributed by atoms with Crippen LogP contribution in [0.5, 0.6) is 0 Å². The molecule has 0 saturated heterocycles. The third-order valence-corrected chi connectivity index (χ3v) is 1.25. The molecule has 0 fully saturated rings. The highest BCUT2D eigenvalue weighted by Gasteiger charge is 2.03. The smallest absolute Gasteiger partial charge is 0.331 e. The fourth-order valence-electron chi connectivity index (χ4n) is 0.460. The van der Waals surface area contributed by atoms with Crippen molar-refractivity contribution in [2.75, 3.05) is 0 Å². The van der Waals surface area contributed by atoms with Gasteiger partial charge in [-0.05, 0) is 13.3 Å². The molecule has 0 bridgehead atoms. The Kier molecular flexibility index (Phi) is 4.76. The fourth-order valence-corrected chi connectivity index (χ4v) is 0.460. The lowest BCUT2D eigenvalue weighted by molar-refractivity contribution is -0.142. The number of carbonyl (C=O) groups excluding carboxylic acids is 1. The van der Waals surface area contributed by atoms with Crippen molar-refractivity contribution in [2.45, 2.75) is 26.4 Å². The van der Waals surface area contributed by atoms with E-state index in [-0.39, 0.29) is 6.10 Å². The first kappa shape index (κ1) is 10.7. The number of carboxylic acids is 1. The number of esters is 1. The van der Waals surface area contributed by atoms with Crippen LogP contribution < -0.4 is 0 Å². The monoisotopic (exact) mass is 172 g/mol. The Morgan fingerprint density at radius 3 is 2.50 bits per heavy atom. The van der Waals surface area contributed by atoms with Crippen molar-refractivity contribution in [3.63, 3.8) is 0 Å². The van der Waals surface area contributed by atoms with E-state index >= 15 is 0 Å². The van der Waals surface area contributed by atoms with Crippen molar-refractivity contribution in [1.29, 1.82) is 0 Å². The lowest BCUT2D eigenvalue weighted by atomic mass is 10.3. The van der Waals surface area contributed by atoms with Gasteiger partial charge in [0.2, 0.25) is 0 Å². The molecule has 0 aliphatic rings. The van der Waals surface area contributed by atoms with Crippen LogP contribution in [0.3, 0.4) is 0 Å². The first-order valence-corrected chi connectivity index (χ1v) is 3.68. The van der Waals surface area contributed by atoms with Crippen molar-refractivity contribution in [1.82, 2.24) is 0 Å². The Balaban J connectivity index is 3.81. The van der Waals surface area contributed by atoms with Gasteiger partial charge in [0.05, 0.1) is 6.10 Å². The van der Waals surface area contributed by atoms with Crippen molar-refractivity contribution < 1.29 is 19.4 Å². The maximum Gasteiger partial charge on any atom is 0.331 e. The van der Waals surface area contributed by atoms with Crippen LogP contribution in [0.1, 0.15) is 20.3 Å². The molecule has 0 saturated carbocycles. The SMILES string of the molecule is CCC(C)OC(=O)/C=C/C(=O)O. The summed E-state index contributed by atoms with van der Waals surface area (Å²) in [7, 11) is 0. The Labute approximate surface area is 70.8 Å². The van der Waals surface area contributed by atoms with E-state index < -0.39 is 11.9 Å². The van der Waals surface area contributed by atoms with Gasteiger partial charge in [0.25, 0.3) is 0 Å². The van der Waals surface area contributed by atoms with Gasteiger partial charge in [-0.1, -0.05) is 6.92 Å². The minimum absolute atomic E-state index is 0.170. The molecular weight excluding hydrogens is 160 g/mol. The quantitative estimate of drug-likeness (QED) is 0.507. The second-order valence-corrected chi connectivity index (χ2v) is 2.33. The molecule has 1 atom stereocenters. The lowest BCUT2D eigenvalue weighted by Crippen LogP contribution is -2.11. The summed E-state index contributed by atoms with van der Waals surface area (Å²) in [6.07, 6.45) is 2.20. The first-order chi connectivity index (χ1) is 5.56. The van der Waals surface area contributed by atoms with E-state index in [1.165, 1.54) is 0 Å². The van der Waals surface area contributed by atoms with Crippen molar-refractivity contribution in [3.8, 4) is 0 Å². The molecule has 0 rings (SSSR count). The van der Waals surface area contributed by atoms with Crippen molar-refractivity contribution >= 4 is 11.9 Å². The summed E-state index contributed by atoms with van der Waals surface area (Å²) >= 11 is 0. The zero-order valence-corrected chi connectivity index (χ0v) is 7.11. The van der Waals surface area contributed by atoms with E-state index in [0.717, 1.165) is 12.2 Å². The van der Waals surface area contributed by atoms with Gasteiger partial charge in [-0.3, -0.25) is 0 Å².